The number of ether oxygens (including phenoxy) is 1. The van der Waals surface area contributed by atoms with Crippen molar-refractivity contribution >= 4 is 27.3 Å². The normalized spacial score (nSPS) is 15.8. The average Bonchev–Trinajstić information content (AvgIpc) is 3.41. The van der Waals surface area contributed by atoms with Crippen molar-refractivity contribution in [2.45, 2.75) is 31.3 Å². The Morgan fingerprint density at radius 2 is 1.94 bits per heavy atom. The van der Waals surface area contributed by atoms with E-state index >= 15 is 0 Å². The van der Waals surface area contributed by atoms with Gasteiger partial charge in [0.2, 0.25) is 10.0 Å². The summed E-state index contributed by atoms with van der Waals surface area (Å²) in [6, 6.07) is 6.82. The molecule has 0 atom stereocenters. The van der Waals surface area contributed by atoms with Crippen molar-refractivity contribution < 1.29 is 17.9 Å². The number of carbonyl (C=O) groups excluding carboxylic acids is 1. The van der Waals surface area contributed by atoms with E-state index in [1.54, 1.807) is 35.1 Å². The third-order valence-corrected chi connectivity index (χ3v) is 8.16. The topological polar surface area (TPSA) is 94.4 Å². The van der Waals surface area contributed by atoms with Crippen molar-refractivity contribution in [2.75, 3.05) is 13.1 Å². The lowest BCUT2D eigenvalue weighted by Gasteiger charge is -2.30. The molecule has 0 aliphatic carbocycles. The molecule has 8 nitrogen and oxygen atoms in total. The molecule has 0 saturated carbocycles. The second-order valence-electron chi connectivity index (χ2n) is 7.65. The SMILES string of the molecule is Cc1ccc(S(=O)(=O)N2CCC(C(=O)OCc3csc(-c4cnn(C)c4)n3)CC2)cc1. The first-order chi connectivity index (χ1) is 14.8. The van der Waals surface area contributed by atoms with Crippen molar-refractivity contribution in [3.05, 3.63) is 53.3 Å². The number of nitrogens with zero attached hydrogens (tertiary/aromatic N) is 4. The molecule has 0 spiro atoms. The Balaban J connectivity index is 1.29. The zero-order chi connectivity index (χ0) is 22.0. The summed E-state index contributed by atoms with van der Waals surface area (Å²) in [5, 5.41) is 6.83. The van der Waals surface area contributed by atoms with Crippen LogP contribution in [0.1, 0.15) is 24.1 Å². The van der Waals surface area contributed by atoms with Crippen molar-refractivity contribution in [3.8, 4) is 10.6 Å². The molecule has 0 bridgehead atoms. The van der Waals surface area contributed by atoms with Crippen molar-refractivity contribution in [2.24, 2.45) is 13.0 Å². The lowest BCUT2D eigenvalue weighted by atomic mass is 9.98. The van der Waals surface area contributed by atoms with Gasteiger partial charge < -0.3 is 4.74 Å². The smallest absolute Gasteiger partial charge is 0.309 e. The minimum atomic E-state index is -3.54. The van der Waals surface area contributed by atoms with Gasteiger partial charge in [0, 0.05) is 37.3 Å². The van der Waals surface area contributed by atoms with Crippen LogP contribution in [0, 0.1) is 12.8 Å². The fraction of sp³-hybridized carbons (Fsp3) is 0.381. The van der Waals surface area contributed by atoms with Gasteiger partial charge in [-0.25, -0.2) is 13.4 Å². The summed E-state index contributed by atoms with van der Waals surface area (Å²) in [5.74, 6) is -0.607. The van der Waals surface area contributed by atoms with Crippen LogP contribution in [0.3, 0.4) is 0 Å². The van der Waals surface area contributed by atoms with E-state index in [2.05, 4.69) is 10.1 Å². The lowest BCUT2D eigenvalue weighted by molar-refractivity contribution is -0.151. The van der Waals surface area contributed by atoms with Crippen LogP contribution in [0.25, 0.3) is 10.6 Å². The number of aromatic nitrogens is 3. The molecule has 0 N–H and O–H groups in total. The maximum atomic E-state index is 12.8. The fourth-order valence-electron chi connectivity index (χ4n) is 3.49. The molecule has 31 heavy (non-hydrogen) atoms. The summed E-state index contributed by atoms with van der Waals surface area (Å²) < 4.78 is 34.2. The number of rotatable bonds is 6. The molecule has 0 amide bonds. The van der Waals surface area contributed by atoms with Gasteiger partial charge in [0.15, 0.2) is 0 Å². The van der Waals surface area contributed by atoms with Gasteiger partial charge in [-0.15, -0.1) is 11.3 Å². The second-order valence-corrected chi connectivity index (χ2v) is 10.4. The van der Waals surface area contributed by atoms with Crippen LogP contribution in [0.5, 0.6) is 0 Å². The summed E-state index contributed by atoms with van der Waals surface area (Å²) in [4.78, 5) is 17.3. The molecule has 10 heteroatoms. The first kappa shape index (κ1) is 21.7. The van der Waals surface area contributed by atoms with E-state index in [4.69, 9.17) is 4.74 Å². The first-order valence-corrected chi connectivity index (χ1v) is 12.3. The van der Waals surface area contributed by atoms with Crippen molar-refractivity contribution in [3.63, 3.8) is 0 Å². The standard InChI is InChI=1S/C21H24N4O4S2/c1-15-3-5-19(6-4-15)31(27,28)25-9-7-16(8-10-25)21(26)29-13-18-14-30-20(23-18)17-11-22-24(2)12-17/h3-6,11-12,14,16H,7-10,13H2,1-2H3. The van der Waals surface area contributed by atoms with Crippen LogP contribution in [-0.2, 0) is 33.2 Å². The van der Waals surface area contributed by atoms with Gasteiger partial charge in [-0.2, -0.15) is 9.40 Å². The Hall–Kier alpha value is -2.56. The quantitative estimate of drug-likeness (QED) is 0.525. The molecule has 0 radical (unpaired) electrons. The van der Waals surface area contributed by atoms with Gasteiger partial charge in [0.25, 0.3) is 0 Å². The Kier molecular flexibility index (Phi) is 6.22. The highest BCUT2D eigenvalue weighted by molar-refractivity contribution is 7.89. The van der Waals surface area contributed by atoms with Crippen LogP contribution in [0.4, 0.5) is 0 Å². The van der Waals surface area contributed by atoms with Crippen molar-refractivity contribution in [1.82, 2.24) is 19.1 Å². The van der Waals surface area contributed by atoms with Crippen LogP contribution in [0.15, 0.2) is 46.9 Å². The Bertz CT molecular complexity index is 1160. The molecule has 1 aliphatic rings. The number of benzene rings is 1. The maximum Gasteiger partial charge on any atom is 0.309 e. The maximum absolute atomic E-state index is 12.8. The van der Waals surface area contributed by atoms with E-state index in [1.165, 1.54) is 15.6 Å². The van der Waals surface area contributed by atoms with Gasteiger partial charge in [-0.1, -0.05) is 17.7 Å². The molecular weight excluding hydrogens is 436 g/mol. The highest BCUT2D eigenvalue weighted by Crippen LogP contribution is 2.26. The van der Waals surface area contributed by atoms with Crippen LogP contribution in [0.2, 0.25) is 0 Å². The minimum absolute atomic E-state index is 0.109. The number of esters is 1. The van der Waals surface area contributed by atoms with Gasteiger partial charge in [-0.05, 0) is 31.9 Å². The monoisotopic (exact) mass is 460 g/mol. The molecule has 164 valence electrons. The number of hydrogen-bond acceptors (Lipinski definition) is 7. The zero-order valence-corrected chi connectivity index (χ0v) is 19.0. The number of carbonyl (C=O) groups is 1. The van der Waals surface area contributed by atoms with E-state index in [0.29, 0.717) is 31.6 Å². The number of aryl methyl sites for hydroxylation is 2. The molecule has 1 aromatic carbocycles. The van der Waals surface area contributed by atoms with Gasteiger partial charge in [-0.3, -0.25) is 9.48 Å². The van der Waals surface area contributed by atoms with E-state index in [9.17, 15) is 13.2 Å². The zero-order valence-electron chi connectivity index (χ0n) is 17.4. The van der Waals surface area contributed by atoms with E-state index in [-0.39, 0.29) is 23.4 Å². The van der Waals surface area contributed by atoms with E-state index in [0.717, 1.165) is 16.1 Å². The van der Waals surface area contributed by atoms with E-state index in [1.807, 2.05) is 25.5 Å². The number of piperidine rings is 1. The van der Waals surface area contributed by atoms with Gasteiger partial charge in [0.05, 0.1) is 22.7 Å². The van der Waals surface area contributed by atoms with Crippen LogP contribution < -0.4 is 0 Å². The van der Waals surface area contributed by atoms with Crippen LogP contribution in [-0.4, -0.2) is 46.5 Å². The molecule has 1 saturated heterocycles. The lowest BCUT2D eigenvalue weighted by Crippen LogP contribution is -2.40. The minimum Gasteiger partial charge on any atom is -0.459 e. The largest absolute Gasteiger partial charge is 0.459 e. The fourth-order valence-corrected chi connectivity index (χ4v) is 5.74. The molecule has 4 rings (SSSR count). The molecule has 0 unspecified atom stereocenters. The third kappa shape index (κ3) is 4.86. The third-order valence-electron chi connectivity index (χ3n) is 5.31. The number of thiazole rings is 1. The predicted molar refractivity (Wildman–Crippen MR) is 117 cm³/mol. The summed E-state index contributed by atoms with van der Waals surface area (Å²) in [5.41, 5.74) is 2.62. The molecule has 2 aromatic heterocycles. The average molecular weight is 461 g/mol. The summed E-state index contributed by atoms with van der Waals surface area (Å²) >= 11 is 1.48. The number of hydrogen-bond donors (Lipinski definition) is 0. The summed E-state index contributed by atoms with van der Waals surface area (Å²) in [6.45, 7) is 2.63. The Labute approximate surface area is 185 Å². The van der Waals surface area contributed by atoms with Crippen molar-refractivity contribution in [1.29, 1.82) is 0 Å². The molecule has 1 aliphatic heterocycles. The highest BCUT2D eigenvalue weighted by atomic mass is 32.2. The molecule has 3 aromatic rings. The Morgan fingerprint density at radius 3 is 2.58 bits per heavy atom. The predicted octanol–water partition coefficient (Wildman–Crippen LogP) is 3.00. The highest BCUT2D eigenvalue weighted by Gasteiger charge is 2.32. The van der Waals surface area contributed by atoms with Crippen LogP contribution >= 0.6 is 11.3 Å². The van der Waals surface area contributed by atoms with Gasteiger partial charge in [0.1, 0.15) is 11.6 Å². The van der Waals surface area contributed by atoms with E-state index < -0.39 is 10.0 Å². The van der Waals surface area contributed by atoms with Gasteiger partial charge >= 0.3 is 5.97 Å². The number of sulfonamides is 1. The molecule has 3 heterocycles. The first-order valence-electron chi connectivity index (χ1n) is 10.00. The summed E-state index contributed by atoms with van der Waals surface area (Å²) in [6.07, 6.45) is 4.52. The molecule has 1 fully saturated rings. The Morgan fingerprint density at radius 1 is 1.23 bits per heavy atom. The second kappa shape index (κ2) is 8.89. The molecular formula is C21H24N4O4S2. The summed E-state index contributed by atoms with van der Waals surface area (Å²) in [7, 11) is -1.69.